The number of rotatable bonds is 1. The molecule has 227 valence electrons. The molecule has 0 aliphatic heterocycles. The summed E-state index contributed by atoms with van der Waals surface area (Å²) < 4.78 is 2.16. The third-order valence-electron chi connectivity index (χ3n) is 8.57. The smallest absolute Gasteiger partial charge is 0.266 e. The fourth-order valence-corrected chi connectivity index (χ4v) is 6.19. The number of aryl methyl sites for hydroxylation is 1. The minimum Gasteiger partial charge on any atom is -0.512 e. The van der Waals surface area contributed by atoms with Crippen LogP contribution in [-0.4, -0.2) is 20.3 Å². The number of aromatic nitrogens is 2. The molecule has 0 atom stereocenters. The molecule has 3 aliphatic carbocycles. The van der Waals surface area contributed by atoms with Crippen LogP contribution >= 0.6 is 0 Å². The van der Waals surface area contributed by atoms with E-state index in [-0.39, 0.29) is 54.5 Å². The first-order valence-corrected chi connectivity index (χ1v) is 14.8. The summed E-state index contributed by atoms with van der Waals surface area (Å²) in [5.41, 5.74) is 8.44. The SMILES string of the molecule is CC(C)(C)C(=O)C=C(O)C(C)(C)C.Cc1cn2c3c(c4ccc[c-]c4c2nc1=O)C1c2ccccc2C3c2ccccc21.[Ir]. The molecule has 0 fully saturated rings. The van der Waals surface area contributed by atoms with Crippen molar-refractivity contribution in [3.05, 3.63) is 140 Å². The number of pyridine rings is 1. The minimum absolute atomic E-state index is 0. The molecule has 1 radical (unpaired) electrons. The van der Waals surface area contributed by atoms with Gasteiger partial charge in [-0.2, -0.15) is 0 Å². The van der Waals surface area contributed by atoms with Gasteiger partial charge in [-0.05, 0) is 29.2 Å². The molecule has 2 aromatic heterocycles. The zero-order valence-corrected chi connectivity index (χ0v) is 28.5. The fourth-order valence-electron chi connectivity index (χ4n) is 6.19. The normalized spacial score (nSPS) is 16.8. The molecule has 3 aromatic carbocycles. The maximum Gasteiger partial charge on any atom is 0.266 e. The van der Waals surface area contributed by atoms with E-state index >= 15 is 0 Å². The zero-order chi connectivity index (χ0) is 30.8. The Labute approximate surface area is 272 Å². The van der Waals surface area contributed by atoms with Crippen LogP contribution in [0.2, 0.25) is 0 Å². The molecular formula is C38H37IrN2O3-. The van der Waals surface area contributed by atoms with Crippen LogP contribution in [0, 0.1) is 23.8 Å². The Hall–Kier alpha value is -3.86. The number of fused-ring (bicyclic) bond motifs is 3. The summed E-state index contributed by atoms with van der Waals surface area (Å²) in [6, 6.07) is 27.0. The Morgan fingerprint density at radius 1 is 0.864 bits per heavy atom. The van der Waals surface area contributed by atoms with E-state index < -0.39 is 5.41 Å². The van der Waals surface area contributed by atoms with Crippen molar-refractivity contribution in [3.8, 4) is 0 Å². The molecule has 44 heavy (non-hydrogen) atoms. The Morgan fingerprint density at radius 2 is 1.41 bits per heavy atom. The van der Waals surface area contributed by atoms with E-state index in [0.717, 1.165) is 10.8 Å². The van der Waals surface area contributed by atoms with E-state index in [1.165, 1.54) is 39.6 Å². The number of nitrogens with zero attached hydrogens (tertiary/aromatic N) is 2. The molecule has 8 rings (SSSR count). The van der Waals surface area contributed by atoms with E-state index in [4.69, 9.17) is 0 Å². The third kappa shape index (κ3) is 5.14. The molecular weight excluding hydrogens is 725 g/mol. The molecule has 0 saturated heterocycles. The number of ketones is 1. The van der Waals surface area contributed by atoms with E-state index in [1.54, 1.807) is 0 Å². The van der Waals surface area contributed by atoms with Gasteiger partial charge in [0.1, 0.15) is 5.76 Å². The predicted octanol–water partition coefficient (Wildman–Crippen LogP) is 8.03. The van der Waals surface area contributed by atoms with Crippen molar-refractivity contribution in [3.63, 3.8) is 0 Å². The van der Waals surface area contributed by atoms with E-state index in [2.05, 4.69) is 70.0 Å². The van der Waals surface area contributed by atoms with Crippen LogP contribution in [0.3, 0.4) is 0 Å². The van der Waals surface area contributed by atoms with Crippen LogP contribution < -0.4 is 5.56 Å². The van der Waals surface area contributed by atoms with Crippen molar-refractivity contribution in [2.24, 2.45) is 10.8 Å². The van der Waals surface area contributed by atoms with Crippen molar-refractivity contribution in [2.45, 2.75) is 60.3 Å². The van der Waals surface area contributed by atoms with Gasteiger partial charge in [0.15, 0.2) is 5.78 Å². The summed E-state index contributed by atoms with van der Waals surface area (Å²) >= 11 is 0. The summed E-state index contributed by atoms with van der Waals surface area (Å²) in [6.07, 6.45) is 3.30. The first-order valence-electron chi connectivity index (χ1n) is 14.8. The van der Waals surface area contributed by atoms with Crippen molar-refractivity contribution in [2.75, 3.05) is 0 Å². The number of aliphatic hydroxyl groups excluding tert-OH is 1. The number of aliphatic hydroxyl groups is 1. The average molecular weight is 762 g/mol. The average Bonchev–Trinajstić information content (AvgIpc) is 2.97. The molecule has 0 saturated carbocycles. The largest absolute Gasteiger partial charge is 0.512 e. The molecule has 1 N–H and O–H groups in total. The molecule has 0 spiro atoms. The molecule has 5 aromatic rings. The maximum absolute atomic E-state index is 12.5. The summed E-state index contributed by atoms with van der Waals surface area (Å²) in [4.78, 5) is 28.4. The van der Waals surface area contributed by atoms with Crippen molar-refractivity contribution >= 4 is 22.2 Å². The molecule has 2 heterocycles. The van der Waals surface area contributed by atoms with Crippen LogP contribution in [0.5, 0.6) is 0 Å². The van der Waals surface area contributed by atoms with Crippen LogP contribution in [-0.2, 0) is 24.9 Å². The van der Waals surface area contributed by atoms with Crippen molar-refractivity contribution in [1.29, 1.82) is 0 Å². The topological polar surface area (TPSA) is 71.7 Å². The summed E-state index contributed by atoms with van der Waals surface area (Å²) in [6.45, 7) is 13.0. The quantitative estimate of drug-likeness (QED) is 0.0797. The minimum atomic E-state index is -0.417. The van der Waals surface area contributed by atoms with Gasteiger partial charge in [-0.3, -0.25) is 9.59 Å². The number of carbonyl (C=O) groups is 1. The first kappa shape index (κ1) is 31.6. The number of benzene rings is 3. The monoisotopic (exact) mass is 762 g/mol. The second kappa shape index (κ2) is 11.2. The molecule has 0 unspecified atom stereocenters. The van der Waals surface area contributed by atoms with Crippen LogP contribution in [0.1, 0.15) is 92.5 Å². The van der Waals surface area contributed by atoms with Crippen molar-refractivity contribution in [1.82, 2.24) is 9.38 Å². The van der Waals surface area contributed by atoms with Gasteiger partial charge >= 0.3 is 0 Å². The summed E-state index contributed by atoms with van der Waals surface area (Å²) in [7, 11) is 0. The molecule has 2 bridgehead atoms. The van der Waals surface area contributed by atoms with E-state index in [9.17, 15) is 14.7 Å². The zero-order valence-electron chi connectivity index (χ0n) is 26.2. The second-order valence-corrected chi connectivity index (χ2v) is 13.7. The van der Waals surface area contributed by atoms with Gasteiger partial charge in [0.2, 0.25) is 0 Å². The number of allylic oxidation sites excluding steroid dienone is 2. The fraction of sp³-hybridized carbons (Fsp3) is 0.289. The molecule has 0 amide bonds. The van der Waals surface area contributed by atoms with Gasteiger partial charge in [0.25, 0.3) is 5.56 Å². The Morgan fingerprint density at radius 3 is 1.93 bits per heavy atom. The second-order valence-electron chi connectivity index (χ2n) is 13.7. The van der Waals surface area contributed by atoms with Crippen LogP contribution in [0.15, 0.2) is 89.6 Å². The molecule has 3 aliphatic rings. The standard InChI is InChI=1S/C27H17N2O.C11H20O2.Ir/c1-15-14-29-25-23-18-10-4-2-8-16(18)22(17-9-3-5-11-19(17)23)24(25)20-12-6-7-13-21(20)26(29)28-27(15)30;1-10(2,3)8(12)7-9(13)11(4,5)6;/h2-12,14,22-23H,1H3;7,12H,1-6H3;/q-1;;. The number of hydrogen-bond donors (Lipinski definition) is 1. The third-order valence-corrected chi connectivity index (χ3v) is 8.57. The van der Waals surface area contributed by atoms with Crippen LogP contribution in [0.4, 0.5) is 0 Å². The Bertz CT molecular complexity index is 1980. The Kier molecular flexibility index (Phi) is 8.07. The number of carbonyl (C=O) groups excluding carboxylic acids is 1. The van der Waals surface area contributed by atoms with Gasteiger partial charge in [0, 0.05) is 66.3 Å². The molecule has 6 heteroatoms. The maximum atomic E-state index is 12.5. The van der Waals surface area contributed by atoms with E-state index in [0.29, 0.717) is 11.2 Å². The van der Waals surface area contributed by atoms with Crippen molar-refractivity contribution < 1.29 is 30.0 Å². The van der Waals surface area contributed by atoms with Gasteiger partial charge in [-0.15, -0.1) is 29.7 Å². The first-order chi connectivity index (χ1) is 20.3. The van der Waals surface area contributed by atoms with Gasteiger partial charge in [-0.25, -0.2) is 4.98 Å². The van der Waals surface area contributed by atoms with E-state index in [1.807, 2.05) is 66.8 Å². The number of hydrogen-bond acceptors (Lipinski definition) is 4. The van der Waals surface area contributed by atoms with Crippen LogP contribution in [0.25, 0.3) is 16.4 Å². The summed E-state index contributed by atoms with van der Waals surface area (Å²) in [5, 5.41) is 11.6. The predicted molar refractivity (Wildman–Crippen MR) is 172 cm³/mol. The Balaban J connectivity index is 0.000000237. The molecule has 5 nitrogen and oxygen atoms in total. The van der Waals surface area contributed by atoms with Gasteiger partial charge in [0.05, 0.1) is 5.65 Å². The van der Waals surface area contributed by atoms with Gasteiger partial charge < -0.3 is 9.51 Å². The van der Waals surface area contributed by atoms with Gasteiger partial charge in [-0.1, -0.05) is 101 Å². The summed E-state index contributed by atoms with van der Waals surface area (Å²) in [5.74, 6) is 0.389.